The third-order valence-corrected chi connectivity index (χ3v) is 5.16. The van der Waals surface area contributed by atoms with Gasteiger partial charge in [-0.2, -0.15) is 5.10 Å². The average molecular weight is 383 g/mol. The molecule has 1 heterocycles. The molecule has 0 atom stereocenters. The van der Waals surface area contributed by atoms with Crippen molar-refractivity contribution in [1.29, 1.82) is 0 Å². The van der Waals surface area contributed by atoms with E-state index in [2.05, 4.69) is 37.4 Å². The van der Waals surface area contributed by atoms with Crippen LogP contribution in [0.3, 0.4) is 0 Å². The van der Waals surface area contributed by atoms with Crippen LogP contribution in [0.2, 0.25) is 0 Å². The standard InChI is InChI=1S/C25H25N3O/c1-17-13-19(16-25(2,3)15-17)27-28-24(29)21-14-23(18-9-5-4-6-10-18)26-22-12-8-7-11-20(21)22/h4-14H,15-16H2,1-3H3,(H,28,29)/b27-19-. The second kappa shape index (κ2) is 7.63. The van der Waals surface area contributed by atoms with E-state index in [1.807, 2.05) is 60.7 Å². The summed E-state index contributed by atoms with van der Waals surface area (Å²) in [5.74, 6) is -0.220. The summed E-state index contributed by atoms with van der Waals surface area (Å²) in [5, 5.41) is 5.26. The van der Waals surface area contributed by atoms with E-state index in [0.29, 0.717) is 5.56 Å². The predicted octanol–water partition coefficient (Wildman–Crippen LogP) is 5.75. The number of hydrogen-bond donors (Lipinski definition) is 1. The van der Waals surface area contributed by atoms with Crippen LogP contribution >= 0.6 is 0 Å². The van der Waals surface area contributed by atoms with Crippen molar-refractivity contribution in [2.45, 2.75) is 33.6 Å². The highest BCUT2D eigenvalue weighted by Crippen LogP contribution is 2.33. The number of carbonyl (C=O) groups is 1. The Morgan fingerprint density at radius 2 is 1.76 bits per heavy atom. The Balaban J connectivity index is 1.70. The maximum atomic E-state index is 13.1. The molecule has 0 saturated carbocycles. The molecule has 3 aromatic rings. The van der Waals surface area contributed by atoms with Gasteiger partial charge in [0, 0.05) is 10.9 Å². The van der Waals surface area contributed by atoms with E-state index in [9.17, 15) is 4.79 Å². The van der Waals surface area contributed by atoms with Gasteiger partial charge in [0.15, 0.2) is 0 Å². The number of pyridine rings is 1. The molecule has 0 unspecified atom stereocenters. The molecule has 2 aromatic carbocycles. The maximum Gasteiger partial charge on any atom is 0.272 e. The van der Waals surface area contributed by atoms with Gasteiger partial charge in [0.1, 0.15) is 0 Å². The van der Waals surface area contributed by atoms with Crippen molar-refractivity contribution in [2.75, 3.05) is 0 Å². The first kappa shape index (κ1) is 19.1. The van der Waals surface area contributed by atoms with Crippen molar-refractivity contribution in [3.05, 3.63) is 77.9 Å². The van der Waals surface area contributed by atoms with Gasteiger partial charge in [-0.3, -0.25) is 4.79 Å². The van der Waals surface area contributed by atoms with Gasteiger partial charge in [-0.1, -0.05) is 68.0 Å². The van der Waals surface area contributed by atoms with Gasteiger partial charge in [-0.25, -0.2) is 10.4 Å². The highest BCUT2D eigenvalue weighted by atomic mass is 16.2. The summed E-state index contributed by atoms with van der Waals surface area (Å²) < 4.78 is 0. The Kier molecular flexibility index (Phi) is 5.01. The fourth-order valence-electron chi connectivity index (χ4n) is 4.07. The third-order valence-electron chi connectivity index (χ3n) is 5.16. The number of aromatic nitrogens is 1. The van der Waals surface area contributed by atoms with Crippen LogP contribution in [0.1, 0.15) is 44.0 Å². The third kappa shape index (κ3) is 4.27. The highest BCUT2D eigenvalue weighted by molar-refractivity contribution is 6.08. The van der Waals surface area contributed by atoms with E-state index in [0.717, 1.165) is 40.7 Å². The Morgan fingerprint density at radius 1 is 1.03 bits per heavy atom. The molecule has 29 heavy (non-hydrogen) atoms. The molecule has 1 amide bonds. The first-order chi connectivity index (χ1) is 13.9. The van der Waals surface area contributed by atoms with Crippen molar-refractivity contribution >= 4 is 22.5 Å². The van der Waals surface area contributed by atoms with Crippen LogP contribution in [0.4, 0.5) is 0 Å². The molecule has 0 aliphatic heterocycles. The summed E-state index contributed by atoms with van der Waals surface area (Å²) in [6.45, 7) is 6.56. The molecule has 1 aromatic heterocycles. The predicted molar refractivity (Wildman–Crippen MR) is 119 cm³/mol. The minimum Gasteiger partial charge on any atom is -0.267 e. The molecular formula is C25H25N3O. The van der Waals surface area contributed by atoms with Crippen LogP contribution in [0, 0.1) is 5.41 Å². The number of para-hydroxylation sites is 1. The number of fused-ring (bicyclic) bond motifs is 1. The maximum absolute atomic E-state index is 13.1. The monoisotopic (exact) mass is 383 g/mol. The molecule has 0 saturated heterocycles. The zero-order chi connectivity index (χ0) is 20.4. The Bertz CT molecular complexity index is 1130. The number of nitrogens with one attached hydrogen (secondary N) is 1. The van der Waals surface area contributed by atoms with Crippen LogP contribution < -0.4 is 5.43 Å². The van der Waals surface area contributed by atoms with Gasteiger partial charge < -0.3 is 0 Å². The number of carbonyl (C=O) groups excluding carboxylic acids is 1. The Hall–Kier alpha value is -3.27. The van der Waals surface area contributed by atoms with Crippen molar-refractivity contribution in [3.8, 4) is 11.3 Å². The second-order valence-electron chi connectivity index (χ2n) is 8.49. The SMILES string of the molecule is CC1=C/C(=N/NC(=O)c2cc(-c3ccccc3)nc3ccccc23)CC(C)(C)C1. The molecule has 1 aliphatic carbocycles. The van der Waals surface area contributed by atoms with Gasteiger partial charge in [0.05, 0.1) is 22.5 Å². The number of amides is 1. The smallest absolute Gasteiger partial charge is 0.267 e. The van der Waals surface area contributed by atoms with Crippen LogP contribution in [0.5, 0.6) is 0 Å². The molecular weight excluding hydrogens is 358 g/mol. The summed E-state index contributed by atoms with van der Waals surface area (Å²) >= 11 is 0. The fraction of sp³-hybridized carbons (Fsp3) is 0.240. The molecule has 146 valence electrons. The number of allylic oxidation sites excluding steroid dienone is 2. The van der Waals surface area contributed by atoms with E-state index in [4.69, 9.17) is 4.98 Å². The molecule has 1 aliphatic rings. The summed E-state index contributed by atoms with van der Waals surface area (Å²) in [5.41, 5.74) is 8.26. The second-order valence-corrected chi connectivity index (χ2v) is 8.49. The number of benzene rings is 2. The molecule has 4 rings (SSSR count). The van der Waals surface area contributed by atoms with E-state index < -0.39 is 0 Å². The van der Waals surface area contributed by atoms with Gasteiger partial charge >= 0.3 is 0 Å². The molecule has 4 nitrogen and oxygen atoms in total. The normalized spacial score (nSPS) is 17.2. The topological polar surface area (TPSA) is 54.4 Å². The lowest BCUT2D eigenvalue weighted by Gasteiger charge is -2.29. The molecule has 0 fully saturated rings. The summed E-state index contributed by atoms with van der Waals surface area (Å²) in [6.07, 6.45) is 3.97. The van der Waals surface area contributed by atoms with Crippen LogP contribution in [-0.4, -0.2) is 16.6 Å². The lowest BCUT2D eigenvalue weighted by atomic mass is 9.77. The minimum absolute atomic E-state index is 0.159. The molecule has 0 bridgehead atoms. The van der Waals surface area contributed by atoms with Gasteiger partial charge in [-0.05, 0) is 43.4 Å². The lowest BCUT2D eigenvalue weighted by Crippen LogP contribution is -2.25. The number of rotatable bonds is 3. The van der Waals surface area contributed by atoms with Crippen LogP contribution in [0.25, 0.3) is 22.2 Å². The van der Waals surface area contributed by atoms with Crippen molar-refractivity contribution < 1.29 is 4.79 Å². The van der Waals surface area contributed by atoms with Gasteiger partial charge in [0.2, 0.25) is 0 Å². The number of nitrogens with zero attached hydrogens (tertiary/aromatic N) is 2. The Morgan fingerprint density at radius 3 is 2.52 bits per heavy atom. The minimum atomic E-state index is -0.220. The summed E-state index contributed by atoms with van der Waals surface area (Å²) in [6, 6.07) is 19.5. The van der Waals surface area contributed by atoms with Crippen LogP contribution in [0.15, 0.2) is 77.4 Å². The molecule has 1 N–H and O–H groups in total. The zero-order valence-electron chi connectivity index (χ0n) is 17.1. The van der Waals surface area contributed by atoms with E-state index in [-0.39, 0.29) is 11.3 Å². The first-order valence-corrected chi connectivity index (χ1v) is 9.91. The average Bonchev–Trinajstić information content (AvgIpc) is 2.70. The number of hydrazone groups is 1. The summed E-state index contributed by atoms with van der Waals surface area (Å²) in [4.78, 5) is 17.8. The summed E-state index contributed by atoms with van der Waals surface area (Å²) in [7, 11) is 0. The molecule has 0 spiro atoms. The molecule has 0 radical (unpaired) electrons. The van der Waals surface area contributed by atoms with Crippen LogP contribution in [-0.2, 0) is 0 Å². The van der Waals surface area contributed by atoms with E-state index in [1.54, 1.807) is 0 Å². The van der Waals surface area contributed by atoms with E-state index in [1.165, 1.54) is 5.57 Å². The Labute approximate surface area is 171 Å². The van der Waals surface area contributed by atoms with Gasteiger partial charge in [-0.15, -0.1) is 0 Å². The van der Waals surface area contributed by atoms with Crippen molar-refractivity contribution in [2.24, 2.45) is 10.5 Å². The van der Waals surface area contributed by atoms with Crippen molar-refractivity contribution in [3.63, 3.8) is 0 Å². The largest absolute Gasteiger partial charge is 0.272 e. The van der Waals surface area contributed by atoms with Gasteiger partial charge in [0.25, 0.3) is 5.91 Å². The fourth-order valence-corrected chi connectivity index (χ4v) is 4.07. The van der Waals surface area contributed by atoms with E-state index >= 15 is 0 Å². The lowest BCUT2D eigenvalue weighted by molar-refractivity contribution is 0.0956. The highest BCUT2D eigenvalue weighted by Gasteiger charge is 2.25. The van der Waals surface area contributed by atoms with Crippen molar-refractivity contribution in [1.82, 2.24) is 10.4 Å². The zero-order valence-corrected chi connectivity index (χ0v) is 17.1. The number of hydrogen-bond acceptors (Lipinski definition) is 3. The molecule has 4 heteroatoms. The quantitative estimate of drug-likeness (QED) is 0.585. The first-order valence-electron chi connectivity index (χ1n) is 9.91.